The van der Waals surface area contributed by atoms with Crippen LogP contribution in [0.3, 0.4) is 0 Å². The smallest absolute Gasteiger partial charge is 0.223 e. The second-order valence-electron chi connectivity index (χ2n) is 15.7. The van der Waals surface area contributed by atoms with Crippen molar-refractivity contribution < 1.29 is 14.6 Å². The van der Waals surface area contributed by atoms with Gasteiger partial charge in [0.2, 0.25) is 11.9 Å². The van der Waals surface area contributed by atoms with Crippen LogP contribution in [0, 0.1) is 27.7 Å². The van der Waals surface area contributed by atoms with Crippen molar-refractivity contribution in [3.8, 4) is 11.5 Å². The molecule has 0 fully saturated rings. The van der Waals surface area contributed by atoms with Gasteiger partial charge in [-0.25, -0.2) is 9.97 Å². The fourth-order valence-electron chi connectivity index (χ4n) is 8.14. The molecule has 8 rings (SSSR count). The third kappa shape index (κ3) is 9.27. The summed E-state index contributed by atoms with van der Waals surface area (Å²) >= 11 is 13.0. The Balaban J connectivity index is 0.000000187. The van der Waals surface area contributed by atoms with Gasteiger partial charge in [0.05, 0.1) is 70.3 Å². The predicted octanol–water partition coefficient (Wildman–Crippen LogP) is 3.81. The topological polar surface area (TPSA) is 239 Å². The first kappa shape index (κ1) is 44.1. The number of pyridine rings is 2. The Morgan fingerprint density at radius 3 is 1.55 bits per heavy atom. The SMILES string of the molecule is COc1c(C)cnc(CN2CC(Cn3cc(CN(C)C)nn3)c3c(Cl)nc(N)nc32)c1C.COc1c(C)cnc(CN2CC(Cn3cc(CO)nn3)c3c(Cl)nc(N)nc32)c1C. The molecule has 0 aromatic carbocycles. The average Bonchev–Trinajstić information content (AvgIpc) is 4.01. The van der Waals surface area contributed by atoms with Gasteiger partial charge in [-0.15, -0.1) is 10.2 Å². The lowest BCUT2D eigenvalue weighted by Crippen LogP contribution is -2.25. The molecule has 20 nitrogen and oxygen atoms in total. The second kappa shape index (κ2) is 18.6. The fraction of sp³-hybridized carbons (Fsp3) is 0.450. The molecular formula is C40H51Cl2N17O3. The van der Waals surface area contributed by atoms with E-state index < -0.39 is 0 Å². The highest BCUT2D eigenvalue weighted by molar-refractivity contribution is 6.31. The second-order valence-corrected chi connectivity index (χ2v) is 16.4. The summed E-state index contributed by atoms with van der Waals surface area (Å²) in [4.78, 5) is 32.9. The number of aryl methyl sites for hydroxylation is 2. The number of nitrogen functional groups attached to an aromatic ring is 2. The molecule has 0 amide bonds. The number of nitrogens with zero attached hydrogens (tertiary/aromatic N) is 15. The summed E-state index contributed by atoms with van der Waals surface area (Å²) in [7, 11) is 7.34. The van der Waals surface area contributed by atoms with E-state index >= 15 is 0 Å². The van der Waals surface area contributed by atoms with Crippen LogP contribution in [0.25, 0.3) is 0 Å². The summed E-state index contributed by atoms with van der Waals surface area (Å²) in [5.41, 5.74) is 20.7. The maximum atomic E-state index is 9.24. The zero-order valence-electron chi connectivity index (χ0n) is 36.0. The van der Waals surface area contributed by atoms with E-state index in [0.29, 0.717) is 61.1 Å². The van der Waals surface area contributed by atoms with E-state index in [9.17, 15) is 5.11 Å². The molecular weight excluding hydrogens is 837 g/mol. The summed E-state index contributed by atoms with van der Waals surface area (Å²) in [5.74, 6) is 3.41. The van der Waals surface area contributed by atoms with Crippen molar-refractivity contribution in [3.63, 3.8) is 0 Å². The van der Waals surface area contributed by atoms with E-state index in [-0.39, 0.29) is 30.3 Å². The number of rotatable bonds is 13. The van der Waals surface area contributed by atoms with Crippen LogP contribution in [0.15, 0.2) is 24.8 Å². The Hall–Kier alpha value is -5.96. The van der Waals surface area contributed by atoms with Gasteiger partial charge in [-0.3, -0.25) is 19.3 Å². The molecule has 328 valence electrons. The molecule has 62 heavy (non-hydrogen) atoms. The molecule has 0 saturated carbocycles. The quantitative estimate of drug-likeness (QED) is 0.140. The van der Waals surface area contributed by atoms with Crippen molar-refractivity contribution in [1.29, 1.82) is 0 Å². The third-order valence-electron chi connectivity index (χ3n) is 10.9. The Labute approximate surface area is 369 Å². The summed E-state index contributed by atoms with van der Waals surface area (Å²) in [6.07, 6.45) is 7.32. The first-order valence-corrected chi connectivity index (χ1v) is 20.6. The number of nitrogens with two attached hydrogens (primary N) is 2. The minimum atomic E-state index is -0.159. The number of ether oxygens (including phenoxy) is 2. The molecule has 8 heterocycles. The number of methoxy groups -OCH3 is 2. The first-order chi connectivity index (χ1) is 29.7. The van der Waals surface area contributed by atoms with Crippen LogP contribution in [0.5, 0.6) is 11.5 Å². The minimum Gasteiger partial charge on any atom is -0.496 e. The highest BCUT2D eigenvalue weighted by Crippen LogP contribution is 2.42. The number of aromatic nitrogens is 12. The van der Waals surface area contributed by atoms with Crippen LogP contribution in [-0.4, -0.2) is 111 Å². The van der Waals surface area contributed by atoms with E-state index in [1.807, 2.05) is 65.1 Å². The van der Waals surface area contributed by atoms with E-state index in [1.54, 1.807) is 25.1 Å². The van der Waals surface area contributed by atoms with E-state index in [2.05, 4.69) is 65.2 Å². The predicted molar refractivity (Wildman–Crippen MR) is 234 cm³/mol. The van der Waals surface area contributed by atoms with Crippen molar-refractivity contribution >= 4 is 46.7 Å². The summed E-state index contributed by atoms with van der Waals surface area (Å²) in [6, 6.07) is 0. The van der Waals surface area contributed by atoms with Gasteiger partial charge in [0.15, 0.2) is 0 Å². The van der Waals surface area contributed by atoms with Gasteiger partial charge >= 0.3 is 0 Å². The lowest BCUT2D eigenvalue weighted by Gasteiger charge is -2.21. The Morgan fingerprint density at radius 1 is 0.710 bits per heavy atom. The van der Waals surface area contributed by atoms with E-state index in [4.69, 9.17) is 44.1 Å². The molecule has 0 aliphatic carbocycles. The number of aliphatic hydroxyl groups is 1. The van der Waals surface area contributed by atoms with Gasteiger partial charge in [-0.1, -0.05) is 33.6 Å². The summed E-state index contributed by atoms with van der Waals surface area (Å²) in [5, 5.41) is 26.5. The Kier molecular flexibility index (Phi) is 13.2. The molecule has 0 spiro atoms. The van der Waals surface area contributed by atoms with Crippen LogP contribution in [-0.2, 0) is 39.3 Å². The number of fused-ring (bicyclic) bond motifs is 2. The Bertz CT molecular complexity index is 2570. The molecule has 2 aliphatic heterocycles. The summed E-state index contributed by atoms with van der Waals surface area (Å²) < 4.78 is 14.6. The normalized spacial score (nSPS) is 15.5. The average molecular weight is 889 g/mol. The van der Waals surface area contributed by atoms with Crippen LogP contribution in [0.4, 0.5) is 23.5 Å². The fourth-order valence-corrected chi connectivity index (χ4v) is 8.79. The lowest BCUT2D eigenvalue weighted by atomic mass is 10.1. The van der Waals surface area contributed by atoms with Crippen LogP contribution >= 0.6 is 23.2 Å². The van der Waals surface area contributed by atoms with Gasteiger partial charge in [0, 0.05) is 83.4 Å². The molecule has 6 aromatic heterocycles. The molecule has 0 bridgehead atoms. The molecule has 0 saturated heterocycles. The lowest BCUT2D eigenvalue weighted by molar-refractivity contribution is 0.276. The third-order valence-corrected chi connectivity index (χ3v) is 11.5. The zero-order chi connectivity index (χ0) is 44.4. The van der Waals surface area contributed by atoms with Crippen molar-refractivity contribution in [1.82, 2.24) is 64.8 Å². The van der Waals surface area contributed by atoms with Crippen molar-refractivity contribution in [2.24, 2.45) is 0 Å². The van der Waals surface area contributed by atoms with Crippen molar-refractivity contribution in [3.05, 3.63) is 91.3 Å². The molecule has 2 atom stereocenters. The van der Waals surface area contributed by atoms with Gasteiger partial charge in [-0.05, 0) is 41.8 Å². The van der Waals surface area contributed by atoms with Crippen LogP contribution in [0.2, 0.25) is 10.3 Å². The largest absolute Gasteiger partial charge is 0.496 e. The molecule has 5 N–H and O–H groups in total. The standard InChI is InChI=1S/C21H28ClN9O.C19H23ClN8O2/c1-12-6-24-16(13(2)18(12)32-5)11-30-7-14(17-19(22)25-21(23)26-20(17)30)8-31-10-15(27-28-31)9-29(3)4;1-10-4-22-14(11(2)16(10)30-3)8-27-5-12(6-28-7-13(9-29)25-26-28)15-17(20)23-19(21)24-18(15)27/h6,10,14H,7-9,11H2,1-5H3,(H2,23,25,26);4,7,12,29H,5-6,8-9H2,1-3H3,(H2,21,23,24). The molecule has 0 radical (unpaired) electrons. The number of hydrogen-bond acceptors (Lipinski definition) is 18. The molecule has 22 heteroatoms. The zero-order valence-corrected chi connectivity index (χ0v) is 37.5. The van der Waals surface area contributed by atoms with Gasteiger partial charge in [-0.2, -0.15) is 9.97 Å². The highest BCUT2D eigenvalue weighted by Gasteiger charge is 2.36. The van der Waals surface area contributed by atoms with E-state index in [1.165, 1.54) is 0 Å². The van der Waals surface area contributed by atoms with E-state index in [0.717, 1.165) is 74.3 Å². The van der Waals surface area contributed by atoms with Crippen molar-refractivity contribution in [2.75, 3.05) is 62.7 Å². The Morgan fingerprint density at radius 2 is 1.15 bits per heavy atom. The minimum absolute atomic E-state index is 0.0195. The maximum absolute atomic E-state index is 9.24. The summed E-state index contributed by atoms with van der Waals surface area (Å²) in [6.45, 7) is 12.1. The molecule has 6 aromatic rings. The first-order valence-electron chi connectivity index (χ1n) is 19.8. The molecule has 2 aliphatic rings. The van der Waals surface area contributed by atoms with Crippen LogP contribution < -0.4 is 30.7 Å². The van der Waals surface area contributed by atoms with Crippen molar-refractivity contribution in [2.45, 2.75) is 78.9 Å². The maximum Gasteiger partial charge on any atom is 0.223 e. The highest BCUT2D eigenvalue weighted by atomic mass is 35.5. The van der Waals surface area contributed by atoms with Gasteiger partial charge < -0.3 is 40.7 Å². The number of halogens is 2. The van der Waals surface area contributed by atoms with Gasteiger partial charge in [0.25, 0.3) is 0 Å². The number of anilines is 4. The van der Waals surface area contributed by atoms with Crippen LogP contribution in [0.1, 0.15) is 68.0 Å². The van der Waals surface area contributed by atoms with Gasteiger partial charge in [0.1, 0.15) is 39.1 Å². The number of hydrogen-bond donors (Lipinski definition) is 3. The molecule has 2 unspecified atom stereocenters. The number of aliphatic hydroxyl groups excluding tert-OH is 1. The monoisotopic (exact) mass is 887 g/mol.